The normalized spacial score (nSPS) is 18.4. The van der Waals surface area contributed by atoms with Gasteiger partial charge in [-0.25, -0.2) is 4.79 Å². The summed E-state index contributed by atoms with van der Waals surface area (Å²) >= 11 is 0. The van der Waals surface area contributed by atoms with E-state index in [1.807, 2.05) is 42.5 Å². The molecule has 0 atom stereocenters. The van der Waals surface area contributed by atoms with E-state index in [4.69, 9.17) is 9.47 Å². The molecule has 0 unspecified atom stereocenters. The molecule has 3 fully saturated rings. The van der Waals surface area contributed by atoms with Gasteiger partial charge in [-0.15, -0.1) is 0 Å². The lowest BCUT2D eigenvalue weighted by Crippen LogP contribution is -2.22. The largest absolute Gasteiger partial charge is 0.426 e. The number of benzene rings is 3. The van der Waals surface area contributed by atoms with Gasteiger partial charge in [0.05, 0.1) is 11.5 Å². The van der Waals surface area contributed by atoms with Crippen LogP contribution in [0.15, 0.2) is 78.9 Å². The minimum atomic E-state index is -0.305. The SMILES string of the molecule is O=C(Oc1ccc(C2CCCCC2)cc1)C1CCCCC1.O=C(Oc1ccc(C2CCCCC2)cc1)c1ccccc1. The van der Waals surface area contributed by atoms with Gasteiger partial charge in [0, 0.05) is 0 Å². The third kappa shape index (κ3) is 8.80. The highest BCUT2D eigenvalue weighted by atomic mass is 16.5. The third-order valence-corrected chi connectivity index (χ3v) is 9.29. The summed E-state index contributed by atoms with van der Waals surface area (Å²) in [5.74, 6) is 2.51. The molecule has 0 spiro atoms. The van der Waals surface area contributed by atoms with E-state index in [1.165, 1.54) is 94.6 Å². The molecule has 0 radical (unpaired) electrons. The predicted octanol–water partition coefficient (Wildman–Crippen LogP) is 10.2. The molecular formula is C38H46O4. The van der Waals surface area contributed by atoms with Crippen LogP contribution in [0.5, 0.6) is 11.5 Å². The third-order valence-electron chi connectivity index (χ3n) is 9.29. The molecule has 42 heavy (non-hydrogen) atoms. The van der Waals surface area contributed by atoms with Gasteiger partial charge in [0.15, 0.2) is 0 Å². The van der Waals surface area contributed by atoms with Crippen LogP contribution in [-0.4, -0.2) is 11.9 Å². The van der Waals surface area contributed by atoms with Crippen LogP contribution < -0.4 is 9.47 Å². The number of carbonyl (C=O) groups is 2. The molecule has 4 nitrogen and oxygen atoms in total. The molecular weight excluding hydrogens is 520 g/mol. The lowest BCUT2D eigenvalue weighted by atomic mass is 9.84. The van der Waals surface area contributed by atoms with E-state index in [-0.39, 0.29) is 17.9 Å². The fraction of sp³-hybridized carbons (Fsp3) is 0.474. The zero-order valence-electron chi connectivity index (χ0n) is 25.0. The highest BCUT2D eigenvalue weighted by molar-refractivity contribution is 5.90. The van der Waals surface area contributed by atoms with E-state index in [2.05, 4.69) is 24.3 Å². The number of rotatable bonds is 6. The van der Waals surface area contributed by atoms with Gasteiger partial charge >= 0.3 is 11.9 Å². The average molecular weight is 567 g/mol. The Morgan fingerprint density at radius 1 is 0.476 bits per heavy atom. The van der Waals surface area contributed by atoms with E-state index < -0.39 is 0 Å². The van der Waals surface area contributed by atoms with Crippen molar-refractivity contribution in [3.8, 4) is 11.5 Å². The summed E-state index contributed by atoms with van der Waals surface area (Å²) in [6.45, 7) is 0. The summed E-state index contributed by atoms with van der Waals surface area (Å²) in [5, 5.41) is 0. The fourth-order valence-electron chi connectivity index (χ4n) is 6.77. The van der Waals surface area contributed by atoms with Crippen LogP contribution in [0.2, 0.25) is 0 Å². The van der Waals surface area contributed by atoms with Crippen molar-refractivity contribution in [1.29, 1.82) is 0 Å². The standard InChI is InChI=1S/C19H26O2.C19H20O2/c2*20-19(17-9-5-2-6-10-17)21-18-13-11-16(12-14-18)15-7-3-1-4-8-15/h11-15,17H,1-10H2;2,5-6,9-15H,1,3-4,7-8H2. The first kappa shape index (κ1) is 30.1. The van der Waals surface area contributed by atoms with Crippen molar-refractivity contribution >= 4 is 11.9 Å². The van der Waals surface area contributed by atoms with Gasteiger partial charge in [0.1, 0.15) is 11.5 Å². The first-order chi connectivity index (χ1) is 20.7. The topological polar surface area (TPSA) is 52.6 Å². The molecule has 0 N–H and O–H groups in total. The van der Waals surface area contributed by atoms with Crippen molar-refractivity contribution in [2.45, 2.75) is 108 Å². The molecule has 0 heterocycles. The fourth-order valence-corrected chi connectivity index (χ4v) is 6.77. The molecule has 0 bridgehead atoms. The van der Waals surface area contributed by atoms with Crippen molar-refractivity contribution in [2.24, 2.45) is 5.92 Å². The Hall–Kier alpha value is -3.40. The Morgan fingerprint density at radius 2 is 0.905 bits per heavy atom. The Morgan fingerprint density at radius 3 is 1.38 bits per heavy atom. The molecule has 0 aromatic heterocycles. The average Bonchev–Trinajstić information content (AvgIpc) is 3.07. The molecule has 222 valence electrons. The molecule has 3 aromatic rings. The van der Waals surface area contributed by atoms with Gasteiger partial charge in [0.2, 0.25) is 0 Å². The Kier molecular flexibility index (Phi) is 11.3. The molecule has 0 aliphatic heterocycles. The van der Waals surface area contributed by atoms with E-state index in [1.54, 1.807) is 12.1 Å². The lowest BCUT2D eigenvalue weighted by Gasteiger charge is -2.22. The van der Waals surface area contributed by atoms with Gasteiger partial charge in [-0.2, -0.15) is 0 Å². The molecule has 0 saturated heterocycles. The summed E-state index contributed by atoms with van der Waals surface area (Å²) < 4.78 is 11.0. The minimum Gasteiger partial charge on any atom is -0.426 e. The maximum absolute atomic E-state index is 12.1. The van der Waals surface area contributed by atoms with Crippen LogP contribution in [0.1, 0.15) is 130 Å². The Bertz CT molecular complexity index is 1230. The second-order valence-electron chi connectivity index (χ2n) is 12.3. The molecule has 3 aliphatic rings. The predicted molar refractivity (Wildman–Crippen MR) is 168 cm³/mol. The van der Waals surface area contributed by atoms with E-state index in [9.17, 15) is 9.59 Å². The summed E-state index contributed by atoms with van der Waals surface area (Å²) in [7, 11) is 0. The molecule has 4 heteroatoms. The summed E-state index contributed by atoms with van der Waals surface area (Å²) in [6.07, 6.45) is 18.9. The quantitative estimate of drug-likeness (QED) is 0.220. The smallest absolute Gasteiger partial charge is 0.343 e. The van der Waals surface area contributed by atoms with Crippen LogP contribution in [0.25, 0.3) is 0 Å². The zero-order valence-corrected chi connectivity index (χ0v) is 25.0. The first-order valence-electron chi connectivity index (χ1n) is 16.3. The van der Waals surface area contributed by atoms with Crippen molar-refractivity contribution in [1.82, 2.24) is 0 Å². The molecule has 3 saturated carbocycles. The van der Waals surface area contributed by atoms with E-state index in [0.29, 0.717) is 28.9 Å². The summed E-state index contributed by atoms with van der Waals surface area (Å²) in [5.41, 5.74) is 3.36. The van der Waals surface area contributed by atoms with Crippen LogP contribution in [0.4, 0.5) is 0 Å². The monoisotopic (exact) mass is 566 g/mol. The first-order valence-corrected chi connectivity index (χ1v) is 16.3. The van der Waals surface area contributed by atoms with Crippen LogP contribution >= 0.6 is 0 Å². The van der Waals surface area contributed by atoms with Gasteiger partial charge in [-0.3, -0.25) is 4.79 Å². The summed E-state index contributed by atoms with van der Waals surface area (Å²) in [4.78, 5) is 24.1. The van der Waals surface area contributed by atoms with Crippen molar-refractivity contribution < 1.29 is 19.1 Å². The van der Waals surface area contributed by atoms with Gasteiger partial charge in [-0.1, -0.05) is 100 Å². The van der Waals surface area contributed by atoms with Crippen molar-refractivity contribution in [3.63, 3.8) is 0 Å². The van der Waals surface area contributed by atoms with E-state index in [0.717, 1.165) is 12.8 Å². The molecule has 6 rings (SSSR count). The molecule has 0 amide bonds. The Labute approximate surface area is 251 Å². The van der Waals surface area contributed by atoms with E-state index >= 15 is 0 Å². The van der Waals surface area contributed by atoms with Crippen molar-refractivity contribution in [2.75, 3.05) is 0 Å². The van der Waals surface area contributed by atoms with Gasteiger partial charge < -0.3 is 9.47 Å². The van der Waals surface area contributed by atoms with Gasteiger partial charge in [-0.05, 0) is 97.9 Å². The number of hydrogen-bond acceptors (Lipinski definition) is 4. The minimum absolute atomic E-state index is 0.0277. The maximum Gasteiger partial charge on any atom is 0.343 e. The van der Waals surface area contributed by atoms with Crippen molar-refractivity contribution in [3.05, 3.63) is 95.6 Å². The zero-order chi connectivity index (χ0) is 29.0. The second-order valence-corrected chi connectivity index (χ2v) is 12.3. The number of hydrogen-bond donors (Lipinski definition) is 0. The lowest BCUT2D eigenvalue weighted by molar-refractivity contribution is -0.139. The second kappa shape index (κ2) is 15.7. The highest BCUT2D eigenvalue weighted by Gasteiger charge is 2.23. The molecule has 3 aliphatic carbocycles. The number of esters is 2. The number of carbonyl (C=O) groups excluding carboxylic acids is 2. The highest BCUT2D eigenvalue weighted by Crippen LogP contribution is 2.34. The van der Waals surface area contributed by atoms with Crippen LogP contribution in [0, 0.1) is 5.92 Å². The maximum atomic E-state index is 12.1. The Balaban J connectivity index is 0.000000168. The van der Waals surface area contributed by atoms with Crippen LogP contribution in [0.3, 0.4) is 0 Å². The number of ether oxygens (including phenoxy) is 2. The van der Waals surface area contributed by atoms with Crippen LogP contribution in [-0.2, 0) is 4.79 Å². The molecule has 3 aromatic carbocycles. The van der Waals surface area contributed by atoms with Gasteiger partial charge in [0.25, 0.3) is 0 Å². The summed E-state index contributed by atoms with van der Waals surface area (Å²) in [6, 6.07) is 25.4.